The molecule has 3 rings (SSSR count). The zero-order valence-corrected chi connectivity index (χ0v) is 13.9. The van der Waals surface area contributed by atoms with E-state index in [1.165, 1.54) is 5.56 Å². The number of ether oxygens (including phenoxy) is 2. The van der Waals surface area contributed by atoms with Crippen LogP contribution in [0.15, 0.2) is 30.3 Å². The molecule has 5 heteroatoms. The summed E-state index contributed by atoms with van der Waals surface area (Å²) in [5.41, 5.74) is 1.17. The molecule has 1 spiro atoms. The molecule has 2 aliphatic heterocycles. The van der Waals surface area contributed by atoms with Gasteiger partial charge in [0.15, 0.2) is 5.79 Å². The van der Waals surface area contributed by atoms with Crippen molar-refractivity contribution in [2.75, 3.05) is 39.9 Å². The molecule has 1 amide bonds. The van der Waals surface area contributed by atoms with Gasteiger partial charge in [0.2, 0.25) is 5.91 Å². The molecule has 126 valence electrons. The first kappa shape index (κ1) is 16.4. The third kappa shape index (κ3) is 4.31. The van der Waals surface area contributed by atoms with Crippen molar-refractivity contribution in [3.8, 4) is 0 Å². The van der Waals surface area contributed by atoms with E-state index < -0.39 is 0 Å². The molecule has 2 aliphatic rings. The second-order valence-electron chi connectivity index (χ2n) is 6.43. The molecule has 2 heterocycles. The van der Waals surface area contributed by atoms with Crippen molar-refractivity contribution < 1.29 is 14.3 Å². The van der Waals surface area contributed by atoms with Gasteiger partial charge in [-0.25, -0.2) is 0 Å². The van der Waals surface area contributed by atoms with E-state index in [0.717, 1.165) is 32.5 Å². The van der Waals surface area contributed by atoms with Gasteiger partial charge >= 0.3 is 0 Å². The monoisotopic (exact) mass is 318 g/mol. The zero-order valence-electron chi connectivity index (χ0n) is 13.9. The van der Waals surface area contributed by atoms with E-state index in [4.69, 9.17) is 9.47 Å². The van der Waals surface area contributed by atoms with Crippen LogP contribution in [0.5, 0.6) is 0 Å². The van der Waals surface area contributed by atoms with Crippen LogP contribution >= 0.6 is 0 Å². The van der Waals surface area contributed by atoms with Crippen molar-refractivity contribution in [2.24, 2.45) is 0 Å². The minimum Gasteiger partial charge on any atom is -0.347 e. The summed E-state index contributed by atoms with van der Waals surface area (Å²) in [4.78, 5) is 16.4. The lowest BCUT2D eigenvalue weighted by molar-refractivity contribution is -0.185. The third-order valence-electron chi connectivity index (χ3n) is 4.76. The fourth-order valence-electron chi connectivity index (χ4n) is 3.29. The Labute approximate surface area is 138 Å². The molecule has 1 aromatic carbocycles. The van der Waals surface area contributed by atoms with Gasteiger partial charge in [-0.3, -0.25) is 4.79 Å². The van der Waals surface area contributed by atoms with Crippen molar-refractivity contribution in [1.82, 2.24) is 9.80 Å². The average molecular weight is 318 g/mol. The lowest BCUT2D eigenvalue weighted by Gasteiger charge is -2.37. The van der Waals surface area contributed by atoms with Crippen LogP contribution in [0.2, 0.25) is 0 Å². The second kappa shape index (κ2) is 7.43. The number of benzene rings is 1. The van der Waals surface area contributed by atoms with Crippen LogP contribution in [0, 0.1) is 0 Å². The molecule has 5 nitrogen and oxygen atoms in total. The Bertz CT molecular complexity index is 504. The second-order valence-corrected chi connectivity index (χ2v) is 6.43. The van der Waals surface area contributed by atoms with Crippen LogP contribution in [0.3, 0.4) is 0 Å². The highest BCUT2D eigenvalue weighted by Gasteiger charge is 2.39. The van der Waals surface area contributed by atoms with Crippen molar-refractivity contribution in [1.29, 1.82) is 0 Å². The molecule has 0 saturated carbocycles. The van der Waals surface area contributed by atoms with E-state index in [9.17, 15) is 4.79 Å². The summed E-state index contributed by atoms with van der Waals surface area (Å²) in [7, 11) is 1.88. The molecule has 0 bridgehead atoms. The van der Waals surface area contributed by atoms with Gasteiger partial charge in [0.25, 0.3) is 0 Å². The topological polar surface area (TPSA) is 42.0 Å². The summed E-state index contributed by atoms with van der Waals surface area (Å²) in [6.45, 7) is 4.79. The van der Waals surface area contributed by atoms with Crippen LogP contribution in [0.4, 0.5) is 0 Å². The first-order chi connectivity index (χ1) is 11.2. The summed E-state index contributed by atoms with van der Waals surface area (Å²) in [6, 6.07) is 10.1. The molecule has 0 atom stereocenters. The first-order valence-electron chi connectivity index (χ1n) is 8.45. The number of hydrogen-bond donors (Lipinski definition) is 0. The van der Waals surface area contributed by atoms with E-state index in [1.807, 2.05) is 30.1 Å². The Balaban J connectivity index is 1.39. The molecular formula is C18H26N2O3. The predicted molar refractivity (Wildman–Crippen MR) is 87.8 cm³/mol. The molecule has 0 N–H and O–H groups in total. The van der Waals surface area contributed by atoms with Crippen molar-refractivity contribution in [3.05, 3.63) is 35.9 Å². The molecule has 0 radical (unpaired) electrons. The maximum absolute atomic E-state index is 12.3. The number of hydrogen-bond acceptors (Lipinski definition) is 4. The standard InChI is InChI=1S/C18H26N2O3/c1-19(15-16-5-3-2-4-6-16)17(21)7-10-20-11-8-18(9-12-20)22-13-14-23-18/h2-6H,7-15H2,1H3. The Kier molecular flexibility index (Phi) is 5.30. The van der Waals surface area contributed by atoms with Gasteiger partial charge in [0.1, 0.15) is 0 Å². The van der Waals surface area contributed by atoms with Gasteiger partial charge < -0.3 is 19.3 Å². The maximum atomic E-state index is 12.3. The Morgan fingerprint density at radius 1 is 1.17 bits per heavy atom. The van der Waals surface area contributed by atoms with Gasteiger partial charge in [-0.05, 0) is 5.56 Å². The molecule has 2 fully saturated rings. The molecule has 0 unspecified atom stereocenters. The van der Waals surface area contributed by atoms with Gasteiger partial charge in [-0.2, -0.15) is 0 Å². The smallest absolute Gasteiger partial charge is 0.223 e. The number of rotatable bonds is 5. The lowest BCUT2D eigenvalue weighted by Crippen LogP contribution is -2.46. The highest BCUT2D eigenvalue weighted by Crippen LogP contribution is 2.31. The molecule has 0 aromatic heterocycles. The maximum Gasteiger partial charge on any atom is 0.223 e. The van der Waals surface area contributed by atoms with E-state index >= 15 is 0 Å². The largest absolute Gasteiger partial charge is 0.347 e. The van der Waals surface area contributed by atoms with Crippen LogP contribution < -0.4 is 0 Å². The van der Waals surface area contributed by atoms with E-state index in [-0.39, 0.29) is 11.7 Å². The molecule has 23 heavy (non-hydrogen) atoms. The molecule has 1 aromatic rings. The SMILES string of the molecule is CN(Cc1ccccc1)C(=O)CCN1CCC2(CC1)OCCO2. The summed E-state index contributed by atoms with van der Waals surface area (Å²) in [5, 5.41) is 0. The number of piperidine rings is 1. The van der Waals surface area contributed by atoms with Crippen LogP contribution in [-0.2, 0) is 20.8 Å². The first-order valence-corrected chi connectivity index (χ1v) is 8.45. The number of likely N-dealkylation sites (tertiary alicyclic amines) is 1. The van der Waals surface area contributed by atoms with Gasteiger partial charge in [-0.1, -0.05) is 30.3 Å². The Morgan fingerprint density at radius 3 is 2.48 bits per heavy atom. The van der Waals surface area contributed by atoms with E-state index in [1.54, 1.807) is 0 Å². The van der Waals surface area contributed by atoms with Crippen LogP contribution in [0.25, 0.3) is 0 Å². The van der Waals surface area contributed by atoms with Crippen molar-refractivity contribution in [3.63, 3.8) is 0 Å². The fourth-order valence-corrected chi connectivity index (χ4v) is 3.29. The Morgan fingerprint density at radius 2 is 1.83 bits per heavy atom. The minimum atomic E-state index is -0.329. The minimum absolute atomic E-state index is 0.197. The Hall–Kier alpha value is -1.43. The zero-order chi connectivity index (χ0) is 16.1. The summed E-state index contributed by atoms with van der Waals surface area (Å²) in [5.74, 6) is -0.132. The summed E-state index contributed by atoms with van der Waals surface area (Å²) < 4.78 is 11.5. The lowest BCUT2D eigenvalue weighted by atomic mass is 10.0. The number of carbonyl (C=O) groups excluding carboxylic acids is 1. The van der Waals surface area contributed by atoms with Gasteiger partial charge in [-0.15, -0.1) is 0 Å². The van der Waals surface area contributed by atoms with Gasteiger partial charge in [0.05, 0.1) is 13.2 Å². The summed E-state index contributed by atoms with van der Waals surface area (Å²) >= 11 is 0. The fraction of sp³-hybridized carbons (Fsp3) is 0.611. The van der Waals surface area contributed by atoms with Crippen molar-refractivity contribution >= 4 is 5.91 Å². The number of amides is 1. The molecule has 2 saturated heterocycles. The molecular weight excluding hydrogens is 292 g/mol. The van der Waals surface area contributed by atoms with Crippen LogP contribution in [0.1, 0.15) is 24.8 Å². The quantitative estimate of drug-likeness (QED) is 0.831. The molecule has 0 aliphatic carbocycles. The third-order valence-corrected chi connectivity index (χ3v) is 4.76. The highest BCUT2D eigenvalue weighted by molar-refractivity contribution is 5.76. The number of carbonyl (C=O) groups is 1. The van der Waals surface area contributed by atoms with Gasteiger partial charge in [0, 0.05) is 52.5 Å². The van der Waals surface area contributed by atoms with E-state index in [2.05, 4.69) is 17.0 Å². The highest BCUT2D eigenvalue weighted by atomic mass is 16.7. The predicted octanol–water partition coefficient (Wildman–Crippen LogP) is 1.87. The summed E-state index contributed by atoms with van der Waals surface area (Å²) in [6.07, 6.45) is 2.38. The van der Waals surface area contributed by atoms with Crippen LogP contribution in [-0.4, -0.2) is 61.4 Å². The normalized spacial score (nSPS) is 20.7. The van der Waals surface area contributed by atoms with E-state index in [0.29, 0.717) is 26.2 Å². The number of nitrogens with zero attached hydrogens (tertiary/aromatic N) is 2. The van der Waals surface area contributed by atoms with Crippen molar-refractivity contribution in [2.45, 2.75) is 31.6 Å². The average Bonchev–Trinajstić information content (AvgIpc) is 3.03.